The summed E-state index contributed by atoms with van der Waals surface area (Å²) in [5.74, 6) is 0. The van der Waals surface area contributed by atoms with Crippen LogP contribution in [0.15, 0.2) is 305 Å². The lowest BCUT2D eigenvalue weighted by Gasteiger charge is -2.32. The van der Waals surface area contributed by atoms with Crippen molar-refractivity contribution in [3.8, 4) is 33.6 Å². The minimum Gasteiger partial charge on any atom is -0.455 e. The van der Waals surface area contributed by atoms with Gasteiger partial charge >= 0.3 is 7.12 Å². The van der Waals surface area contributed by atoms with Crippen LogP contribution >= 0.6 is 15.9 Å². The van der Waals surface area contributed by atoms with Gasteiger partial charge in [0.25, 0.3) is 0 Å². The lowest BCUT2D eigenvalue weighted by molar-refractivity contribution is 0.00578. The molecule has 1 aliphatic rings. The van der Waals surface area contributed by atoms with Gasteiger partial charge in [-0.1, -0.05) is 192 Å². The van der Waals surface area contributed by atoms with Gasteiger partial charge in [0.2, 0.25) is 0 Å². The molecule has 0 radical (unpaired) electrons. The molecule has 1 aliphatic heterocycles. The molecule has 0 spiro atoms. The Balaban J connectivity index is 0.000000105. The van der Waals surface area contributed by atoms with Gasteiger partial charge in [0.05, 0.1) is 55.7 Å². The van der Waals surface area contributed by atoms with E-state index in [-0.39, 0.29) is 11.2 Å². The van der Waals surface area contributed by atoms with Crippen LogP contribution in [0.2, 0.25) is 0 Å². The minimum atomic E-state index is -0.402. The summed E-state index contributed by atoms with van der Waals surface area (Å²) in [6, 6.07) is 99.4. The summed E-state index contributed by atoms with van der Waals surface area (Å²) < 4.78 is 31.7. The van der Waals surface area contributed by atoms with Gasteiger partial charge < -0.3 is 26.9 Å². The Bertz CT molecular complexity index is 7220. The molecule has 10 heteroatoms. The Hall–Kier alpha value is -11.9. The molecule has 0 unspecified atom stereocenters. The smallest absolute Gasteiger partial charge is 0.455 e. The number of hydrogen-bond acceptors (Lipinski definition) is 6. The molecule has 0 amide bonds. The molecular formula is C92H60BBrN4O4. The first kappa shape index (κ1) is 59.0. The summed E-state index contributed by atoms with van der Waals surface area (Å²) >= 11 is 3.71. The van der Waals surface area contributed by atoms with Crippen molar-refractivity contribution < 1.29 is 18.1 Å². The summed E-state index contributed by atoms with van der Waals surface area (Å²) in [6.07, 6.45) is 3.70. The highest BCUT2D eigenvalue weighted by Crippen LogP contribution is 2.48. The van der Waals surface area contributed by atoms with Crippen LogP contribution in [0.5, 0.6) is 0 Å². The number of rotatable bonds is 4. The van der Waals surface area contributed by atoms with Crippen molar-refractivity contribution in [1.82, 2.24) is 18.8 Å². The molecule has 0 atom stereocenters. The molecule has 8 aromatic heterocycles. The SMILES string of the molecule is Brc1cc2c3ccccc3n3c4ccc(-c5ccccn5)cc4c(c1)c23.CC1(C)OB(c2ccc3c(c2)oc2c4ccccc4c4ccccc4c32)OC1(C)C.c1ccc(-c2ccc3c(c2)c2cc(-c4ccc5c(c4)oc4c6ccccc6c6ccccc6c54)cc4c5ccccc5n3c42)nc1. The third-order valence-corrected chi connectivity index (χ3v) is 22.5. The van der Waals surface area contributed by atoms with E-state index in [4.69, 9.17) is 18.1 Å². The highest BCUT2D eigenvalue weighted by molar-refractivity contribution is 9.10. The fourth-order valence-electron chi connectivity index (χ4n) is 16.6. The maximum absolute atomic E-state index is 6.76. The predicted octanol–water partition coefficient (Wildman–Crippen LogP) is 24.6. The molecule has 482 valence electrons. The van der Waals surface area contributed by atoms with Gasteiger partial charge in [0.1, 0.15) is 22.3 Å². The third kappa shape index (κ3) is 8.70. The normalized spacial score (nSPS) is 14.0. The van der Waals surface area contributed by atoms with Crippen LogP contribution in [0.3, 0.4) is 0 Å². The van der Waals surface area contributed by atoms with Crippen molar-refractivity contribution in [3.05, 3.63) is 296 Å². The van der Waals surface area contributed by atoms with Gasteiger partial charge in [-0.2, -0.15) is 0 Å². The molecule has 0 N–H and O–H groups in total. The molecule has 22 aromatic rings. The Morgan fingerprint density at radius 2 is 0.676 bits per heavy atom. The molecule has 0 saturated carbocycles. The number of hydrogen-bond donors (Lipinski definition) is 0. The van der Waals surface area contributed by atoms with E-state index < -0.39 is 7.12 Å². The maximum Gasteiger partial charge on any atom is 0.494 e. The van der Waals surface area contributed by atoms with E-state index in [1.165, 1.54) is 125 Å². The zero-order chi connectivity index (χ0) is 67.9. The van der Waals surface area contributed by atoms with Gasteiger partial charge in [-0.3, -0.25) is 9.97 Å². The fourth-order valence-corrected chi connectivity index (χ4v) is 17.1. The summed E-state index contributed by atoms with van der Waals surface area (Å²) in [6.45, 7) is 8.30. The van der Waals surface area contributed by atoms with Crippen LogP contribution in [0, 0.1) is 0 Å². The number of halogens is 1. The molecule has 23 rings (SSSR count). The second kappa shape index (κ2) is 22.0. The summed E-state index contributed by atoms with van der Waals surface area (Å²) in [5.41, 5.74) is 18.0. The van der Waals surface area contributed by atoms with Crippen LogP contribution in [0.1, 0.15) is 27.7 Å². The maximum atomic E-state index is 6.76. The van der Waals surface area contributed by atoms with E-state index in [0.29, 0.717) is 0 Å². The molecule has 1 saturated heterocycles. The van der Waals surface area contributed by atoms with Crippen molar-refractivity contribution in [3.63, 3.8) is 0 Å². The monoisotopic (exact) mass is 1370 g/mol. The number of nitrogens with zero attached hydrogens (tertiary/aromatic N) is 4. The molecule has 8 nitrogen and oxygen atoms in total. The second-order valence-electron chi connectivity index (χ2n) is 28.2. The number of furan rings is 2. The number of para-hydroxylation sites is 2. The average Bonchev–Trinajstić information content (AvgIpc) is 1.55. The minimum absolute atomic E-state index is 0.368. The van der Waals surface area contributed by atoms with E-state index in [1.807, 2.05) is 36.7 Å². The molecule has 14 aromatic carbocycles. The number of aromatic nitrogens is 4. The van der Waals surface area contributed by atoms with Crippen molar-refractivity contribution in [1.29, 1.82) is 0 Å². The zero-order valence-electron chi connectivity index (χ0n) is 56.1. The van der Waals surface area contributed by atoms with E-state index in [1.54, 1.807) is 0 Å². The van der Waals surface area contributed by atoms with Crippen LogP contribution in [-0.2, 0) is 9.31 Å². The van der Waals surface area contributed by atoms with Crippen LogP contribution < -0.4 is 5.46 Å². The Kier molecular flexibility index (Phi) is 12.7. The predicted molar refractivity (Wildman–Crippen MR) is 429 cm³/mol. The number of fused-ring (bicyclic) bond motifs is 28. The quantitative estimate of drug-likeness (QED) is 0.129. The van der Waals surface area contributed by atoms with Gasteiger partial charge in [0.15, 0.2) is 0 Å². The summed E-state index contributed by atoms with van der Waals surface area (Å²) in [7, 11) is -0.402. The van der Waals surface area contributed by atoms with Gasteiger partial charge in [-0.15, -0.1) is 0 Å². The first-order chi connectivity index (χ1) is 50.0. The standard InChI is InChI=1S/C43H24N2O.C26H23BO3.C23H13BrN2/c1-3-12-31-28(9-1)29-10-2-4-13-32(29)43-41(31)33-18-16-25(24-40(33)46-43)27-22-35-30-11-5-6-15-38(30)45-39-19-17-26(37-14-7-8-20-44-37)21-34(39)36(23-27)42(35)45;1-25(2)26(3,4)30-27(29-25)16-13-14-21-22(15-16)28-24-20-12-8-6-10-18(20)17-9-5-7-11-19(17)23(21)24;24-15-12-18-16-5-1-2-7-21(16)26-22-9-8-14(20-6-3-4-10-25-20)11-17(22)19(13-15)23(18)26/h1-24H;5-15H,1-4H3;1-13H. The number of pyridine rings is 2. The van der Waals surface area contributed by atoms with Gasteiger partial charge in [0, 0.05) is 103 Å². The fraction of sp³-hybridized carbons (Fsp3) is 0.0652. The molecular weight excluding hydrogens is 1320 g/mol. The largest absolute Gasteiger partial charge is 0.494 e. The van der Waals surface area contributed by atoms with Crippen molar-refractivity contribution in [2.24, 2.45) is 0 Å². The topological polar surface area (TPSA) is 79.3 Å². The molecule has 102 heavy (non-hydrogen) atoms. The number of benzene rings is 14. The molecule has 1 fully saturated rings. The van der Waals surface area contributed by atoms with Crippen LogP contribution in [-0.4, -0.2) is 37.1 Å². The Morgan fingerprint density at radius 1 is 0.304 bits per heavy atom. The highest BCUT2D eigenvalue weighted by atomic mass is 79.9. The Labute approximate surface area is 593 Å². The highest BCUT2D eigenvalue weighted by Gasteiger charge is 2.52. The van der Waals surface area contributed by atoms with E-state index >= 15 is 0 Å². The summed E-state index contributed by atoms with van der Waals surface area (Å²) in [4.78, 5) is 9.15. The van der Waals surface area contributed by atoms with Crippen molar-refractivity contribution in [2.45, 2.75) is 38.9 Å². The first-order valence-electron chi connectivity index (χ1n) is 34.8. The third-order valence-electron chi connectivity index (χ3n) is 22.1. The summed E-state index contributed by atoms with van der Waals surface area (Å²) in [5, 5.41) is 24.4. The molecule has 9 heterocycles. The lowest BCUT2D eigenvalue weighted by Crippen LogP contribution is -2.41. The van der Waals surface area contributed by atoms with Crippen molar-refractivity contribution in [2.75, 3.05) is 0 Å². The first-order valence-corrected chi connectivity index (χ1v) is 35.6. The zero-order valence-corrected chi connectivity index (χ0v) is 57.7. The van der Waals surface area contributed by atoms with E-state index in [9.17, 15) is 0 Å². The molecule has 0 bridgehead atoms. The van der Waals surface area contributed by atoms with E-state index in [2.05, 4.69) is 317 Å². The van der Waals surface area contributed by atoms with Crippen LogP contribution in [0.4, 0.5) is 0 Å². The second-order valence-corrected chi connectivity index (χ2v) is 29.1. The van der Waals surface area contributed by atoms with Gasteiger partial charge in [-0.25, -0.2) is 0 Å². The average molecular weight is 1380 g/mol. The van der Waals surface area contributed by atoms with Crippen LogP contribution in [0.25, 0.3) is 197 Å². The van der Waals surface area contributed by atoms with Crippen molar-refractivity contribution >= 4 is 192 Å². The molecule has 0 aliphatic carbocycles. The van der Waals surface area contributed by atoms with Gasteiger partial charge in [-0.05, 0) is 180 Å². The lowest BCUT2D eigenvalue weighted by atomic mass is 9.79. The van der Waals surface area contributed by atoms with E-state index in [0.717, 1.165) is 81.9 Å². The Morgan fingerprint density at radius 3 is 1.17 bits per heavy atom.